The Kier molecular flexibility index (Phi) is 6.69. The van der Waals surface area contributed by atoms with E-state index in [1.165, 1.54) is 24.8 Å². The molecule has 0 aromatic heterocycles. The fraction of sp³-hybridized carbons (Fsp3) is 0.280. The Morgan fingerprint density at radius 3 is 1.74 bits per heavy atom. The lowest BCUT2D eigenvalue weighted by atomic mass is 10.0. The molecule has 0 bridgehead atoms. The maximum Gasteiger partial charge on any atom is 0.150 e. The first-order chi connectivity index (χ1) is 13.2. The standard InChI is InChI=1S/C25H29OP/c1-3-4-7-12-22-17-19-23(20-18-22)21(2)27(26,24-13-8-5-9-14-24)25-15-10-6-11-16-25/h5-6,8-11,13-21H,3-4,7,12H2,1-2H3/t21-/m0/s1. The second-order valence-corrected chi connectivity index (χ2v) is 10.3. The predicted molar refractivity (Wildman–Crippen MR) is 118 cm³/mol. The second-order valence-electron chi connectivity index (χ2n) is 7.20. The highest BCUT2D eigenvalue weighted by Gasteiger charge is 2.34. The van der Waals surface area contributed by atoms with Gasteiger partial charge in [0.05, 0.1) is 0 Å². The Morgan fingerprint density at radius 2 is 1.26 bits per heavy atom. The molecule has 27 heavy (non-hydrogen) atoms. The van der Waals surface area contributed by atoms with Crippen LogP contribution >= 0.6 is 7.14 Å². The minimum Gasteiger partial charge on any atom is -0.313 e. The summed E-state index contributed by atoms with van der Waals surface area (Å²) in [5.41, 5.74) is 2.45. The molecule has 140 valence electrons. The lowest BCUT2D eigenvalue weighted by molar-refractivity contribution is 0.581. The zero-order chi connectivity index (χ0) is 19.1. The van der Waals surface area contributed by atoms with Gasteiger partial charge < -0.3 is 4.57 Å². The third-order valence-electron chi connectivity index (χ3n) is 5.36. The van der Waals surface area contributed by atoms with Gasteiger partial charge in [0.1, 0.15) is 7.14 Å². The van der Waals surface area contributed by atoms with Crippen LogP contribution in [0.25, 0.3) is 0 Å². The summed E-state index contributed by atoms with van der Waals surface area (Å²) in [7, 11) is -2.78. The molecule has 3 aromatic rings. The minimum absolute atomic E-state index is 0.0630. The van der Waals surface area contributed by atoms with Gasteiger partial charge in [-0.3, -0.25) is 0 Å². The lowest BCUT2D eigenvalue weighted by Gasteiger charge is -2.26. The van der Waals surface area contributed by atoms with E-state index in [-0.39, 0.29) is 5.66 Å². The van der Waals surface area contributed by atoms with Crippen molar-refractivity contribution >= 4 is 17.8 Å². The van der Waals surface area contributed by atoms with E-state index >= 15 is 0 Å². The van der Waals surface area contributed by atoms with E-state index in [1.54, 1.807) is 0 Å². The molecule has 0 heterocycles. The van der Waals surface area contributed by atoms with Gasteiger partial charge in [-0.2, -0.15) is 0 Å². The Bertz CT molecular complexity index is 826. The predicted octanol–water partition coefficient (Wildman–Crippen LogP) is 6.49. The summed E-state index contributed by atoms with van der Waals surface area (Å²) < 4.78 is 14.4. The molecule has 0 aliphatic heterocycles. The molecule has 0 saturated carbocycles. The summed E-state index contributed by atoms with van der Waals surface area (Å²) in [4.78, 5) is 0. The number of hydrogen-bond donors (Lipinski definition) is 0. The van der Waals surface area contributed by atoms with E-state index in [0.29, 0.717) is 0 Å². The molecule has 0 radical (unpaired) electrons. The Hall–Kier alpha value is -2.11. The van der Waals surface area contributed by atoms with Gasteiger partial charge in [-0.15, -0.1) is 0 Å². The number of benzene rings is 3. The van der Waals surface area contributed by atoms with Crippen LogP contribution in [0, 0.1) is 0 Å². The van der Waals surface area contributed by atoms with Crippen LogP contribution in [-0.2, 0) is 11.0 Å². The summed E-state index contributed by atoms with van der Waals surface area (Å²) >= 11 is 0. The molecule has 0 aliphatic rings. The summed E-state index contributed by atoms with van der Waals surface area (Å²) in [6.45, 7) is 4.34. The van der Waals surface area contributed by atoms with Gasteiger partial charge in [-0.05, 0) is 24.0 Å². The summed E-state index contributed by atoms with van der Waals surface area (Å²) in [6, 6.07) is 28.7. The molecule has 2 heteroatoms. The lowest BCUT2D eigenvalue weighted by Crippen LogP contribution is -2.20. The highest BCUT2D eigenvalue weighted by atomic mass is 31.2. The van der Waals surface area contributed by atoms with Crippen LogP contribution in [0.2, 0.25) is 0 Å². The first-order valence-corrected chi connectivity index (χ1v) is 11.7. The highest BCUT2D eigenvalue weighted by Crippen LogP contribution is 2.56. The average molecular weight is 376 g/mol. The first kappa shape index (κ1) is 19.6. The van der Waals surface area contributed by atoms with Crippen molar-refractivity contribution in [3.8, 4) is 0 Å². The number of rotatable bonds is 8. The van der Waals surface area contributed by atoms with E-state index in [0.717, 1.165) is 22.6 Å². The zero-order valence-electron chi connectivity index (χ0n) is 16.3. The van der Waals surface area contributed by atoms with Crippen molar-refractivity contribution in [2.24, 2.45) is 0 Å². The van der Waals surface area contributed by atoms with Gasteiger partial charge in [0.2, 0.25) is 0 Å². The Morgan fingerprint density at radius 1 is 0.741 bits per heavy atom. The fourth-order valence-corrected chi connectivity index (χ4v) is 6.66. The molecule has 3 rings (SSSR count). The van der Waals surface area contributed by atoms with Gasteiger partial charge in [0.25, 0.3) is 0 Å². The van der Waals surface area contributed by atoms with Crippen LogP contribution in [0.1, 0.15) is 49.9 Å². The molecule has 0 unspecified atom stereocenters. The maximum absolute atomic E-state index is 14.4. The molecule has 3 aromatic carbocycles. The maximum atomic E-state index is 14.4. The van der Waals surface area contributed by atoms with Crippen molar-refractivity contribution in [1.82, 2.24) is 0 Å². The van der Waals surface area contributed by atoms with E-state index in [9.17, 15) is 4.57 Å². The van der Waals surface area contributed by atoms with Gasteiger partial charge in [0, 0.05) is 16.3 Å². The smallest absolute Gasteiger partial charge is 0.150 e. The molecule has 1 nitrogen and oxygen atoms in total. The van der Waals surface area contributed by atoms with Crippen LogP contribution in [0.15, 0.2) is 84.9 Å². The van der Waals surface area contributed by atoms with E-state index < -0.39 is 7.14 Å². The van der Waals surface area contributed by atoms with Gasteiger partial charge >= 0.3 is 0 Å². The molecule has 0 N–H and O–H groups in total. The van der Waals surface area contributed by atoms with Crippen LogP contribution in [-0.4, -0.2) is 0 Å². The second kappa shape index (κ2) is 9.20. The minimum atomic E-state index is -2.78. The van der Waals surface area contributed by atoms with Crippen LogP contribution < -0.4 is 10.6 Å². The number of aryl methyl sites for hydroxylation is 1. The van der Waals surface area contributed by atoms with E-state index in [4.69, 9.17) is 0 Å². The summed E-state index contributed by atoms with van der Waals surface area (Å²) in [5.74, 6) is 0. The fourth-order valence-electron chi connectivity index (χ4n) is 3.65. The number of unbranched alkanes of at least 4 members (excludes halogenated alkanes) is 2. The van der Waals surface area contributed by atoms with Crippen molar-refractivity contribution in [3.05, 3.63) is 96.1 Å². The van der Waals surface area contributed by atoms with Crippen LogP contribution in [0.3, 0.4) is 0 Å². The zero-order valence-corrected chi connectivity index (χ0v) is 17.2. The summed E-state index contributed by atoms with van der Waals surface area (Å²) in [5, 5.41) is 1.85. The topological polar surface area (TPSA) is 17.1 Å². The molecule has 0 fully saturated rings. The quantitative estimate of drug-likeness (QED) is 0.324. The number of hydrogen-bond acceptors (Lipinski definition) is 1. The van der Waals surface area contributed by atoms with Crippen molar-refractivity contribution in [3.63, 3.8) is 0 Å². The monoisotopic (exact) mass is 376 g/mol. The molecular formula is C25H29OP. The van der Waals surface area contributed by atoms with Crippen LogP contribution in [0.5, 0.6) is 0 Å². The van der Waals surface area contributed by atoms with Crippen molar-refractivity contribution < 1.29 is 4.57 Å². The third-order valence-corrected chi connectivity index (χ3v) is 8.88. The molecule has 0 aliphatic carbocycles. The van der Waals surface area contributed by atoms with Crippen molar-refractivity contribution in [2.75, 3.05) is 0 Å². The molecule has 1 atom stereocenters. The normalized spacial score (nSPS) is 12.7. The highest BCUT2D eigenvalue weighted by molar-refractivity contribution is 7.79. The first-order valence-electron chi connectivity index (χ1n) is 9.96. The van der Waals surface area contributed by atoms with E-state index in [1.807, 2.05) is 60.7 Å². The van der Waals surface area contributed by atoms with Crippen LogP contribution in [0.4, 0.5) is 0 Å². The average Bonchev–Trinajstić information content (AvgIpc) is 2.74. The molecular weight excluding hydrogens is 347 g/mol. The largest absolute Gasteiger partial charge is 0.313 e. The molecule has 0 saturated heterocycles. The molecule has 0 spiro atoms. The van der Waals surface area contributed by atoms with Gasteiger partial charge in [-0.1, -0.05) is 112 Å². The SMILES string of the molecule is CCCCCc1ccc([C@H](C)P(=O)(c2ccccc2)c2ccccc2)cc1. The van der Waals surface area contributed by atoms with Crippen molar-refractivity contribution in [1.29, 1.82) is 0 Å². The Balaban J connectivity index is 1.95. The van der Waals surface area contributed by atoms with Crippen molar-refractivity contribution in [2.45, 2.75) is 45.2 Å². The van der Waals surface area contributed by atoms with Gasteiger partial charge in [-0.25, -0.2) is 0 Å². The van der Waals surface area contributed by atoms with Gasteiger partial charge in [0.15, 0.2) is 0 Å². The third kappa shape index (κ3) is 4.42. The van der Waals surface area contributed by atoms with E-state index in [2.05, 4.69) is 38.1 Å². The Labute approximate surface area is 163 Å². The summed E-state index contributed by atoms with van der Waals surface area (Å²) in [6.07, 6.45) is 4.87. The molecule has 0 amide bonds.